The Bertz CT molecular complexity index is 568. The number of aliphatic hydroxyl groups excluding tert-OH is 1. The molecule has 4 nitrogen and oxygen atoms in total. The van der Waals surface area contributed by atoms with E-state index >= 15 is 0 Å². The van der Waals surface area contributed by atoms with Gasteiger partial charge >= 0.3 is 0 Å². The molecule has 0 heterocycles. The van der Waals surface area contributed by atoms with Crippen LogP contribution in [0.4, 0.5) is 4.39 Å². The summed E-state index contributed by atoms with van der Waals surface area (Å²) in [4.78, 5) is -0.0408. The molecule has 0 atom stereocenters. The van der Waals surface area contributed by atoms with Gasteiger partial charge in [-0.15, -0.1) is 0 Å². The number of aliphatic hydroxyl groups is 1. The van der Waals surface area contributed by atoms with Gasteiger partial charge in [0, 0.05) is 12.6 Å². The van der Waals surface area contributed by atoms with Crippen molar-refractivity contribution >= 4 is 10.0 Å². The smallest absolute Gasteiger partial charge is 0.243 e. The Labute approximate surface area is 119 Å². The fraction of sp³-hybridized carbons (Fsp3) is 0.571. The van der Waals surface area contributed by atoms with Crippen molar-refractivity contribution in [3.05, 3.63) is 29.6 Å². The number of rotatable bonds is 5. The minimum atomic E-state index is -3.75. The molecule has 1 saturated carbocycles. The fourth-order valence-electron chi connectivity index (χ4n) is 2.66. The summed E-state index contributed by atoms with van der Waals surface area (Å²) in [7, 11) is -3.75. The second-order valence-electron chi connectivity index (χ2n) is 5.19. The number of sulfonamides is 1. The molecule has 0 unspecified atom stereocenters. The summed E-state index contributed by atoms with van der Waals surface area (Å²) in [6.07, 6.45) is 3.58. The number of benzene rings is 1. The van der Waals surface area contributed by atoms with E-state index in [0.717, 1.165) is 31.7 Å². The molecule has 0 bridgehead atoms. The Balaban J connectivity index is 2.36. The van der Waals surface area contributed by atoms with Gasteiger partial charge in [0.2, 0.25) is 10.0 Å². The summed E-state index contributed by atoms with van der Waals surface area (Å²) in [5.74, 6) is -0.526. The highest BCUT2D eigenvalue weighted by Crippen LogP contribution is 2.28. The fourth-order valence-corrected chi connectivity index (χ4v) is 4.35. The van der Waals surface area contributed by atoms with Gasteiger partial charge in [-0.3, -0.25) is 0 Å². The molecule has 112 valence electrons. The number of aryl methyl sites for hydroxylation is 1. The summed E-state index contributed by atoms with van der Waals surface area (Å²) in [6.45, 7) is 1.42. The van der Waals surface area contributed by atoms with E-state index in [1.165, 1.54) is 16.4 Å². The third-order valence-corrected chi connectivity index (χ3v) is 5.75. The Kier molecular flexibility index (Phi) is 4.78. The molecule has 0 amide bonds. The molecule has 1 fully saturated rings. The van der Waals surface area contributed by atoms with Gasteiger partial charge in [0.25, 0.3) is 0 Å². The lowest BCUT2D eigenvalue weighted by atomic mass is 10.2. The van der Waals surface area contributed by atoms with Gasteiger partial charge in [0.1, 0.15) is 5.82 Å². The van der Waals surface area contributed by atoms with Crippen LogP contribution >= 0.6 is 0 Å². The Hall–Kier alpha value is -0.980. The van der Waals surface area contributed by atoms with Crippen molar-refractivity contribution in [1.29, 1.82) is 0 Å². The van der Waals surface area contributed by atoms with Crippen LogP contribution in [0.2, 0.25) is 0 Å². The summed E-state index contributed by atoms with van der Waals surface area (Å²) in [6, 6.07) is 3.86. The van der Waals surface area contributed by atoms with E-state index in [1.807, 2.05) is 0 Å². The van der Waals surface area contributed by atoms with Crippen LogP contribution < -0.4 is 0 Å². The van der Waals surface area contributed by atoms with Gasteiger partial charge in [0.15, 0.2) is 0 Å². The molecular formula is C14H20FNO3S. The molecule has 0 aromatic heterocycles. The normalized spacial score (nSPS) is 17.0. The van der Waals surface area contributed by atoms with Gasteiger partial charge in [-0.05, 0) is 37.5 Å². The Morgan fingerprint density at radius 1 is 1.35 bits per heavy atom. The molecular weight excluding hydrogens is 281 g/mol. The maximum atomic E-state index is 13.6. The maximum Gasteiger partial charge on any atom is 0.243 e. The summed E-state index contributed by atoms with van der Waals surface area (Å²) in [5.41, 5.74) is 0.415. The Morgan fingerprint density at radius 2 is 2.00 bits per heavy atom. The van der Waals surface area contributed by atoms with Crippen LogP contribution in [-0.4, -0.2) is 37.0 Å². The summed E-state index contributed by atoms with van der Waals surface area (Å²) < 4.78 is 40.2. The molecule has 1 aliphatic carbocycles. The average molecular weight is 301 g/mol. The predicted octanol–water partition coefficient (Wildman–Crippen LogP) is 2.06. The topological polar surface area (TPSA) is 57.6 Å². The molecule has 1 aliphatic rings. The third kappa shape index (κ3) is 3.02. The van der Waals surface area contributed by atoms with Gasteiger partial charge in [-0.1, -0.05) is 18.9 Å². The van der Waals surface area contributed by atoms with E-state index in [0.29, 0.717) is 5.56 Å². The standard InChI is InChI=1S/C14H20FNO3S/c1-11-6-7-13(10-14(11)15)20(18,19)16(8-9-17)12-4-2-3-5-12/h6-7,10,12,17H,2-5,8-9H2,1H3. The highest BCUT2D eigenvalue weighted by molar-refractivity contribution is 7.89. The first-order valence-corrected chi connectivity index (χ1v) is 8.29. The first-order chi connectivity index (χ1) is 9.46. The minimum Gasteiger partial charge on any atom is -0.395 e. The number of hydrogen-bond donors (Lipinski definition) is 1. The molecule has 1 N–H and O–H groups in total. The molecule has 1 aromatic carbocycles. The van der Waals surface area contributed by atoms with Crippen LogP contribution in [0.3, 0.4) is 0 Å². The molecule has 20 heavy (non-hydrogen) atoms. The van der Waals surface area contributed by atoms with E-state index in [9.17, 15) is 12.8 Å². The zero-order valence-electron chi connectivity index (χ0n) is 11.5. The van der Waals surface area contributed by atoms with Crippen molar-refractivity contribution in [1.82, 2.24) is 4.31 Å². The number of nitrogens with zero attached hydrogens (tertiary/aromatic N) is 1. The van der Waals surface area contributed by atoms with E-state index < -0.39 is 15.8 Å². The van der Waals surface area contributed by atoms with E-state index in [4.69, 9.17) is 5.11 Å². The largest absolute Gasteiger partial charge is 0.395 e. The highest BCUT2D eigenvalue weighted by Gasteiger charge is 2.33. The van der Waals surface area contributed by atoms with Gasteiger partial charge < -0.3 is 5.11 Å². The number of halogens is 1. The molecule has 0 radical (unpaired) electrons. The highest BCUT2D eigenvalue weighted by atomic mass is 32.2. The minimum absolute atomic E-state index is 0.0408. The van der Waals surface area contributed by atoms with Crippen LogP contribution in [0, 0.1) is 12.7 Å². The number of hydrogen-bond acceptors (Lipinski definition) is 3. The van der Waals surface area contributed by atoms with E-state index in [2.05, 4.69) is 0 Å². The lowest BCUT2D eigenvalue weighted by Gasteiger charge is -2.27. The summed E-state index contributed by atoms with van der Waals surface area (Å²) in [5, 5.41) is 9.13. The van der Waals surface area contributed by atoms with Crippen molar-refractivity contribution in [2.75, 3.05) is 13.2 Å². The second kappa shape index (κ2) is 6.20. The van der Waals surface area contributed by atoms with Gasteiger partial charge in [-0.25, -0.2) is 12.8 Å². The van der Waals surface area contributed by atoms with Gasteiger partial charge in [-0.2, -0.15) is 4.31 Å². The lowest BCUT2D eigenvalue weighted by molar-refractivity contribution is 0.226. The molecule has 6 heteroatoms. The second-order valence-corrected chi connectivity index (χ2v) is 7.08. The van der Waals surface area contributed by atoms with E-state index in [1.54, 1.807) is 6.92 Å². The maximum absolute atomic E-state index is 13.6. The van der Waals surface area contributed by atoms with Crippen molar-refractivity contribution in [2.24, 2.45) is 0 Å². The predicted molar refractivity (Wildman–Crippen MR) is 74.4 cm³/mol. The molecule has 0 aliphatic heterocycles. The van der Waals surface area contributed by atoms with Crippen LogP contribution in [0.5, 0.6) is 0 Å². The van der Waals surface area contributed by atoms with Crippen LogP contribution in [0.15, 0.2) is 23.1 Å². The average Bonchev–Trinajstić information content (AvgIpc) is 2.92. The quantitative estimate of drug-likeness (QED) is 0.905. The zero-order chi connectivity index (χ0) is 14.8. The zero-order valence-corrected chi connectivity index (χ0v) is 12.4. The Morgan fingerprint density at radius 3 is 2.55 bits per heavy atom. The van der Waals surface area contributed by atoms with Crippen LogP contribution in [0.1, 0.15) is 31.2 Å². The SMILES string of the molecule is Cc1ccc(S(=O)(=O)N(CCO)C2CCCC2)cc1F. The first kappa shape index (κ1) is 15.4. The summed E-state index contributed by atoms with van der Waals surface area (Å²) >= 11 is 0. The first-order valence-electron chi connectivity index (χ1n) is 6.85. The molecule has 0 spiro atoms. The van der Waals surface area contributed by atoms with Crippen molar-refractivity contribution in [3.8, 4) is 0 Å². The molecule has 2 rings (SSSR count). The molecule has 1 aromatic rings. The van der Waals surface area contributed by atoms with Crippen molar-refractivity contribution in [2.45, 2.75) is 43.5 Å². The van der Waals surface area contributed by atoms with Crippen molar-refractivity contribution < 1.29 is 17.9 Å². The van der Waals surface area contributed by atoms with Crippen LogP contribution in [-0.2, 0) is 10.0 Å². The monoisotopic (exact) mass is 301 g/mol. The lowest BCUT2D eigenvalue weighted by Crippen LogP contribution is -2.40. The van der Waals surface area contributed by atoms with Crippen molar-refractivity contribution in [3.63, 3.8) is 0 Å². The van der Waals surface area contributed by atoms with Crippen LogP contribution in [0.25, 0.3) is 0 Å². The van der Waals surface area contributed by atoms with Gasteiger partial charge in [0.05, 0.1) is 11.5 Å². The molecule has 0 saturated heterocycles. The van der Waals surface area contributed by atoms with E-state index in [-0.39, 0.29) is 24.1 Å². The third-order valence-electron chi connectivity index (χ3n) is 3.80.